The van der Waals surface area contributed by atoms with Gasteiger partial charge >= 0.3 is 0 Å². The Morgan fingerprint density at radius 1 is 0.976 bits per heavy atom. The molecular weight excluding hydrogens is 549 g/mol. The molecule has 1 atom stereocenters. The largest absolute Gasteiger partial charge is 0.497 e. The van der Waals surface area contributed by atoms with Gasteiger partial charge in [-0.15, -0.1) is 0 Å². The fraction of sp³-hybridized carbons (Fsp3) is 0.333. The third kappa shape index (κ3) is 8.43. The van der Waals surface area contributed by atoms with Crippen LogP contribution in [0.4, 0.5) is 10.1 Å². The highest BCUT2D eigenvalue weighted by molar-refractivity contribution is 7.92. The lowest BCUT2D eigenvalue weighted by molar-refractivity contribution is -0.140. The lowest BCUT2D eigenvalue weighted by atomic mass is 10.0. The summed E-state index contributed by atoms with van der Waals surface area (Å²) in [6.45, 7) is 1.38. The monoisotopic (exact) mass is 585 g/mol. The van der Waals surface area contributed by atoms with Crippen LogP contribution in [0.1, 0.15) is 24.5 Å². The standard InChI is InChI=1S/C30H36FN3O6S/c1-5-17-32-30(36)27(18-22-11-7-6-8-12-22)33(20-23-13-9-10-14-25(23)31)29(35)21-34(41(4,37)38)26-16-15-24(39-2)19-28(26)40-3/h6-16,19,27H,5,17-18,20-21H2,1-4H3,(H,32,36)/t27-/m0/s1. The Kier molecular flexibility index (Phi) is 11.1. The second kappa shape index (κ2) is 14.5. The molecule has 2 amide bonds. The molecule has 1 N–H and O–H groups in total. The Hall–Kier alpha value is -4.12. The number of carbonyl (C=O) groups excluding carboxylic acids is 2. The maximum absolute atomic E-state index is 14.8. The van der Waals surface area contributed by atoms with E-state index < -0.39 is 40.2 Å². The van der Waals surface area contributed by atoms with Gasteiger partial charge in [-0.05, 0) is 30.2 Å². The number of carbonyl (C=O) groups is 2. The molecule has 0 unspecified atom stereocenters. The van der Waals surface area contributed by atoms with Crippen LogP contribution in [0.2, 0.25) is 0 Å². The van der Waals surface area contributed by atoms with Gasteiger partial charge in [0.2, 0.25) is 21.8 Å². The summed E-state index contributed by atoms with van der Waals surface area (Å²) in [5.41, 5.74) is 1.09. The van der Waals surface area contributed by atoms with E-state index in [4.69, 9.17) is 9.47 Å². The summed E-state index contributed by atoms with van der Waals surface area (Å²) in [5.74, 6) is -1.06. The fourth-order valence-electron chi connectivity index (χ4n) is 4.32. The van der Waals surface area contributed by atoms with Crippen LogP contribution in [0.25, 0.3) is 0 Å². The Labute approximate surface area is 240 Å². The zero-order valence-electron chi connectivity index (χ0n) is 23.7. The molecule has 0 aliphatic heterocycles. The number of hydrogen-bond donors (Lipinski definition) is 1. The molecule has 9 nitrogen and oxygen atoms in total. The van der Waals surface area contributed by atoms with Gasteiger partial charge in [-0.1, -0.05) is 55.5 Å². The van der Waals surface area contributed by atoms with Crippen molar-refractivity contribution in [3.63, 3.8) is 0 Å². The molecule has 0 aliphatic carbocycles. The van der Waals surface area contributed by atoms with E-state index in [1.54, 1.807) is 12.1 Å². The molecule has 0 heterocycles. The van der Waals surface area contributed by atoms with Crippen molar-refractivity contribution in [2.45, 2.75) is 32.4 Å². The maximum Gasteiger partial charge on any atom is 0.244 e. The summed E-state index contributed by atoms with van der Waals surface area (Å²) in [4.78, 5) is 28.8. The van der Waals surface area contributed by atoms with Crippen LogP contribution in [0, 0.1) is 5.82 Å². The van der Waals surface area contributed by atoms with E-state index in [0.717, 1.165) is 16.1 Å². The number of methoxy groups -OCH3 is 2. The molecule has 3 aromatic rings. The van der Waals surface area contributed by atoms with E-state index in [9.17, 15) is 22.4 Å². The number of sulfonamides is 1. The molecule has 0 bridgehead atoms. The second-order valence-corrected chi connectivity index (χ2v) is 11.3. The first-order chi connectivity index (χ1) is 19.6. The van der Waals surface area contributed by atoms with Crippen LogP contribution >= 0.6 is 0 Å². The zero-order chi connectivity index (χ0) is 30.0. The third-order valence-electron chi connectivity index (χ3n) is 6.45. The first kappa shape index (κ1) is 31.4. The number of halogens is 1. The average molecular weight is 586 g/mol. The highest BCUT2D eigenvalue weighted by Gasteiger charge is 2.34. The number of nitrogens with one attached hydrogen (secondary N) is 1. The van der Waals surface area contributed by atoms with Gasteiger partial charge in [0.25, 0.3) is 0 Å². The van der Waals surface area contributed by atoms with Crippen molar-refractivity contribution in [1.29, 1.82) is 0 Å². The van der Waals surface area contributed by atoms with Crippen molar-refractivity contribution in [1.82, 2.24) is 10.2 Å². The summed E-state index contributed by atoms with van der Waals surface area (Å²) < 4.78 is 52.3. The molecule has 0 saturated carbocycles. The number of benzene rings is 3. The van der Waals surface area contributed by atoms with Crippen LogP contribution in [0.5, 0.6) is 11.5 Å². The molecule has 0 aromatic heterocycles. The highest BCUT2D eigenvalue weighted by Crippen LogP contribution is 2.34. The predicted octanol–water partition coefficient (Wildman–Crippen LogP) is 3.78. The summed E-state index contributed by atoms with van der Waals surface area (Å²) in [6, 6.07) is 18.6. The third-order valence-corrected chi connectivity index (χ3v) is 7.58. The van der Waals surface area contributed by atoms with Crippen LogP contribution in [-0.4, -0.2) is 64.7 Å². The van der Waals surface area contributed by atoms with Gasteiger partial charge in [0, 0.05) is 31.1 Å². The lowest BCUT2D eigenvalue weighted by Crippen LogP contribution is -2.53. The summed E-state index contributed by atoms with van der Waals surface area (Å²) >= 11 is 0. The van der Waals surface area contributed by atoms with Crippen molar-refractivity contribution in [2.24, 2.45) is 0 Å². The van der Waals surface area contributed by atoms with E-state index in [2.05, 4.69) is 5.32 Å². The molecule has 3 rings (SSSR count). The van der Waals surface area contributed by atoms with Crippen molar-refractivity contribution < 1.29 is 31.9 Å². The van der Waals surface area contributed by atoms with Gasteiger partial charge in [-0.3, -0.25) is 13.9 Å². The fourth-order valence-corrected chi connectivity index (χ4v) is 5.17. The molecule has 11 heteroatoms. The summed E-state index contributed by atoms with van der Waals surface area (Å²) in [6.07, 6.45) is 1.78. The number of nitrogens with zero attached hydrogens (tertiary/aromatic N) is 2. The molecule has 0 fully saturated rings. The maximum atomic E-state index is 14.8. The minimum atomic E-state index is -4.01. The highest BCUT2D eigenvalue weighted by atomic mass is 32.2. The Bertz CT molecular complexity index is 1440. The zero-order valence-corrected chi connectivity index (χ0v) is 24.5. The average Bonchev–Trinajstić information content (AvgIpc) is 2.96. The van der Waals surface area contributed by atoms with E-state index in [-0.39, 0.29) is 30.0 Å². The normalized spacial score (nSPS) is 11.8. The van der Waals surface area contributed by atoms with Gasteiger partial charge < -0.3 is 19.7 Å². The molecule has 0 saturated heterocycles. The smallest absolute Gasteiger partial charge is 0.244 e. The molecule has 41 heavy (non-hydrogen) atoms. The topological polar surface area (TPSA) is 105 Å². The van der Waals surface area contributed by atoms with Crippen LogP contribution in [-0.2, 0) is 32.6 Å². The van der Waals surface area contributed by atoms with Crippen LogP contribution < -0.4 is 19.1 Å². The molecular formula is C30H36FN3O6S. The molecule has 0 spiro atoms. The van der Waals surface area contributed by atoms with Crippen molar-refractivity contribution >= 4 is 27.5 Å². The van der Waals surface area contributed by atoms with E-state index in [1.165, 1.54) is 49.5 Å². The summed E-state index contributed by atoms with van der Waals surface area (Å²) in [5, 5.41) is 2.84. The molecule has 220 valence electrons. The van der Waals surface area contributed by atoms with Gasteiger partial charge in [-0.2, -0.15) is 0 Å². The van der Waals surface area contributed by atoms with Crippen molar-refractivity contribution in [3.05, 3.63) is 89.7 Å². The predicted molar refractivity (Wildman–Crippen MR) is 156 cm³/mol. The van der Waals surface area contributed by atoms with E-state index in [0.29, 0.717) is 18.7 Å². The Morgan fingerprint density at radius 3 is 2.27 bits per heavy atom. The van der Waals surface area contributed by atoms with Gasteiger partial charge in [0.15, 0.2) is 0 Å². The Morgan fingerprint density at radius 2 is 1.66 bits per heavy atom. The molecule has 0 aliphatic rings. The van der Waals surface area contributed by atoms with Gasteiger partial charge in [-0.25, -0.2) is 12.8 Å². The summed E-state index contributed by atoms with van der Waals surface area (Å²) in [7, 11) is -1.17. The van der Waals surface area contributed by atoms with Crippen LogP contribution in [0.3, 0.4) is 0 Å². The van der Waals surface area contributed by atoms with E-state index >= 15 is 0 Å². The van der Waals surface area contributed by atoms with Crippen LogP contribution in [0.15, 0.2) is 72.8 Å². The minimum Gasteiger partial charge on any atom is -0.497 e. The van der Waals surface area contributed by atoms with Gasteiger partial charge in [0.05, 0.1) is 26.2 Å². The first-order valence-electron chi connectivity index (χ1n) is 13.1. The van der Waals surface area contributed by atoms with E-state index in [1.807, 2.05) is 37.3 Å². The molecule has 0 radical (unpaired) electrons. The Balaban J connectivity index is 2.09. The number of rotatable bonds is 14. The van der Waals surface area contributed by atoms with Gasteiger partial charge in [0.1, 0.15) is 29.9 Å². The van der Waals surface area contributed by atoms with Crippen molar-refractivity contribution in [2.75, 3.05) is 37.9 Å². The SMILES string of the molecule is CCCNC(=O)[C@H](Cc1ccccc1)N(Cc1ccccc1F)C(=O)CN(c1ccc(OC)cc1OC)S(C)(=O)=O. The number of hydrogen-bond acceptors (Lipinski definition) is 6. The number of ether oxygens (including phenoxy) is 2. The minimum absolute atomic E-state index is 0.116. The van der Waals surface area contributed by atoms with Crippen molar-refractivity contribution in [3.8, 4) is 11.5 Å². The molecule has 3 aromatic carbocycles. The number of anilines is 1. The first-order valence-corrected chi connectivity index (χ1v) is 15.0. The number of amides is 2. The lowest BCUT2D eigenvalue weighted by Gasteiger charge is -2.33. The second-order valence-electron chi connectivity index (χ2n) is 9.42. The quantitative estimate of drug-likeness (QED) is 0.309.